The van der Waals surface area contributed by atoms with Crippen LogP contribution < -0.4 is 5.32 Å². The molecule has 0 aliphatic carbocycles. The summed E-state index contributed by atoms with van der Waals surface area (Å²) in [5.41, 5.74) is 0.968. The summed E-state index contributed by atoms with van der Waals surface area (Å²) >= 11 is 0. The SMILES string of the molecule is CCCc1cc(NC(=O)OCCO)n[nH]1. The monoisotopic (exact) mass is 213 g/mol. The Bertz CT molecular complexity index is 311. The molecule has 0 bridgehead atoms. The molecule has 1 rings (SSSR count). The molecule has 0 fully saturated rings. The van der Waals surface area contributed by atoms with Gasteiger partial charge in [-0.15, -0.1) is 0 Å². The molecule has 6 heteroatoms. The summed E-state index contributed by atoms with van der Waals surface area (Å²) in [4.78, 5) is 11.0. The van der Waals surface area contributed by atoms with Crippen LogP contribution in [-0.2, 0) is 11.2 Å². The highest BCUT2D eigenvalue weighted by molar-refractivity contribution is 5.83. The molecule has 6 nitrogen and oxygen atoms in total. The van der Waals surface area contributed by atoms with Gasteiger partial charge in [0.25, 0.3) is 0 Å². The van der Waals surface area contributed by atoms with E-state index in [1.807, 2.05) is 0 Å². The van der Waals surface area contributed by atoms with Gasteiger partial charge in [0.05, 0.1) is 6.61 Å². The minimum absolute atomic E-state index is 0.0158. The van der Waals surface area contributed by atoms with Gasteiger partial charge in [-0.25, -0.2) is 4.79 Å². The number of carbonyl (C=O) groups excluding carboxylic acids is 1. The number of carbonyl (C=O) groups is 1. The molecule has 0 unspecified atom stereocenters. The third-order valence-corrected chi connectivity index (χ3v) is 1.70. The summed E-state index contributed by atoms with van der Waals surface area (Å²) in [5, 5.41) is 17.6. The van der Waals surface area contributed by atoms with Crippen LogP contribution in [0.15, 0.2) is 6.07 Å². The Hall–Kier alpha value is -1.56. The van der Waals surface area contributed by atoms with Crippen molar-refractivity contribution in [3.05, 3.63) is 11.8 Å². The highest BCUT2D eigenvalue weighted by Crippen LogP contribution is 2.07. The molecule has 0 atom stereocenters. The average Bonchev–Trinajstić information content (AvgIpc) is 2.63. The van der Waals surface area contributed by atoms with Gasteiger partial charge in [0, 0.05) is 11.8 Å². The highest BCUT2D eigenvalue weighted by atomic mass is 16.6. The number of aryl methyl sites for hydroxylation is 1. The number of H-pyrrole nitrogens is 1. The Balaban J connectivity index is 2.39. The maximum absolute atomic E-state index is 11.0. The van der Waals surface area contributed by atoms with Crippen LogP contribution in [0.25, 0.3) is 0 Å². The first-order valence-corrected chi connectivity index (χ1v) is 4.85. The topological polar surface area (TPSA) is 87.2 Å². The lowest BCUT2D eigenvalue weighted by molar-refractivity contribution is 0.131. The van der Waals surface area contributed by atoms with Crippen molar-refractivity contribution in [2.45, 2.75) is 19.8 Å². The van der Waals surface area contributed by atoms with Gasteiger partial charge in [-0.2, -0.15) is 5.10 Å². The molecule has 0 aliphatic rings. The van der Waals surface area contributed by atoms with Crippen LogP contribution in [0.3, 0.4) is 0 Å². The van der Waals surface area contributed by atoms with Gasteiger partial charge in [-0.1, -0.05) is 13.3 Å². The third kappa shape index (κ3) is 3.99. The van der Waals surface area contributed by atoms with Crippen molar-refractivity contribution in [2.75, 3.05) is 18.5 Å². The molecule has 0 aliphatic heterocycles. The van der Waals surface area contributed by atoms with Crippen LogP contribution in [0, 0.1) is 0 Å². The molecule has 0 saturated heterocycles. The number of nitrogens with zero attached hydrogens (tertiary/aromatic N) is 1. The summed E-state index contributed by atoms with van der Waals surface area (Å²) in [6, 6.07) is 1.75. The number of hydrogen-bond acceptors (Lipinski definition) is 4. The number of anilines is 1. The Morgan fingerprint density at radius 2 is 2.53 bits per heavy atom. The van der Waals surface area contributed by atoms with Gasteiger partial charge in [0.15, 0.2) is 5.82 Å². The maximum atomic E-state index is 11.0. The van der Waals surface area contributed by atoms with Crippen LogP contribution in [-0.4, -0.2) is 34.6 Å². The number of hydrogen-bond donors (Lipinski definition) is 3. The van der Waals surface area contributed by atoms with Crippen molar-refractivity contribution < 1.29 is 14.6 Å². The van der Waals surface area contributed by atoms with Crippen LogP contribution in [0.1, 0.15) is 19.0 Å². The first-order chi connectivity index (χ1) is 7.26. The Morgan fingerprint density at radius 3 is 3.20 bits per heavy atom. The van der Waals surface area contributed by atoms with Crippen LogP contribution >= 0.6 is 0 Å². The van der Waals surface area contributed by atoms with Crippen LogP contribution in [0.5, 0.6) is 0 Å². The number of aliphatic hydroxyl groups is 1. The lowest BCUT2D eigenvalue weighted by Crippen LogP contribution is -2.15. The lowest BCUT2D eigenvalue weighted by atomic mass is 10.2. The summed E-state index contributed by atoms with van der Waals surface area (Å²) < 4.78 is 4.61. The van der Waals surface area contributed by atoms with Crippen molar-refractivity contribution in [3.63, 3.8) is 0 Å². The van der Waals surface area contributed by atoms with Gasteiger partial charge >= 0.3 is 6.09 Å². The zero-order chi connectivity index (χ0) is 11.1. The quantitative estimate of drug-likeness (QED) is 0.678. The lowest BCUT2D eigenvalue weighted by Gasteiger charge is -2.01. The first-order valence-electron chi connectivity index (χ1n) is 4.85. The predicted octanol–water partition coefficient (Wildman–Crippen LogP) is 0.903. The first kappa shape index (κ1) is 11.5. The summed E-state index contributed by atoms with van der Waals surface area (Å²) in [6.45, 7) is 1.86. The maximum Gasteiger partial charge on any atom is 0.412 e. The van der Waals surface area contributed by atoms with Crippen molar-refractivity contribution in [3.8, 4) is 0 Å². The Kier molecular flexibility index (Phi) is 4.62. The normalized spacial score (nSPS) is 10.0. The smallest absolute Gasteiger partial charge is 0.412 e. The third-order valence-electron chi connectivity index (χ3n) is 1.70. The molecule has 1 amide bonds. The summed E-state index contributed by atoms with van der Waals surface area (Å²) in [6.07, 6.45) is 1.29. The highest BCUT2D eigenvalue weighted by Gasteiger charge is 2.05. The average molecular weight is 213 g/mol. The van der Waals surface area contributed by atoms with Crippen LogP contribution in [0.2, 0.25) is 0 Å². The Morgan fingerprint density at radius 1 is 1.73 bits per heavy atom. The van der Waals surface area contributed by atoms with Crippen molar-refractivity contribution in [1.29, 1.82) is 0 Å². The fraction of sp³-hybridized carbons (Fsp3) is 0.556. The van der Waals surface area contributed by atoms with E-state index in [1.54, 1.807) is 6.07 Å². The van der Waals surface area contributed by atoms with E-state index in [1.165, 1.54) is 0 Å². The summed E-state index contributed by atoms with van der Waals surface area (Å²) in [7, 11) is 0. The van der Waals surface area contributed by atoms with Crippen molar-refractivity contribution in [2.24, 2.45) is 0 Å². The number of rotatable bonds is 5. The second kappa shape index (κ2) is 6.02. The molecular formula is C9H15N3O3. The van der Waals surface area contributed by atoms with E-state index in [4.69, 9.17) is 5.11 Å². The Labute approximate surface area is 87.6 Å². The summed E-state index contributed by atoms with van der Waals surface area (Å²) in [5.74, 6) is 0.432. The standard InChI is InChI=1S/C9H15N3O3/c1-2-3-7-6-8(12-11-7)10-9(14)15-5-4-13/h6,13H,2-5H2,1H3,(H2,10,11,12,14). The predicted molar refractivity (Wildman–Crippen MR) is 54.6 cm³/mol. The van der Waals surface area contributed by atoms with E-state index in [9.17, 15) is 4.79 Å². The van der Waals surface area contributed by atoms with Crippen molar-refractivity contribution >= 4 is 11.9 Å². The largest absolute Gasteiger partial charge is 0.447 e. The molecule has 1 heterocycles. The van der Waals surface area contributed by atoms with Gasteiger partial charge in [-0.05, 0) is 6.42 Å². The van der Waals surface area contributed by atoms with Crippen LogP contribution in [0.4, 0.5) is 10.6 Å². The minimum atomic E-state index is -0.612. The molecular weight excluding hydrogens is 198 g/mol. The minimum Gasteiger partial charge on any atom is -0.447 e. The molecule has 0 saturated carbocycles. The fourth-order valence-corrected chi connectivity index (χ4v) is 1.10. The zero-order valence-electron chi connectivity index (χ0n) is 8.62. The number of aromatic nitrogens is 2. The molecule has 1 aromatic heterocycles. The van der Waals surface area contributed by atoms with Crippen molar-refractivity contribution in [1.82, 2.24) is 10.2 Å². The number of ether oxygens (including phenoxy) is 1. The fourth-order valence-electron chi connectivity index (χ4n) is 1.10. The van der Waals surface area contributed by atoms with E-state index in [2.05, 4.69) is 27.2 Å². The number of amides is 1. The molecule has 0 spiro atoms. The second-order valence-electron chi connectivity index (χ2n) is 3.01. The zero-order valence-corrected chi connectivity index (χ0v) is 8.62. The molecule has 0 aromatic carbocycles. The molecule has 1 aromatic rings. The number of nitrogens with one attached hydrogen (secondary N) is 2. The van der Waals surface area contributed by atoms with E-state index in [0.29, 0.717) is 5.82 Å². The van der Waals surface area contributed by atoms with E-state index < -0.39 is 6.09 Å². The van der Waals surface area contributed by atoms with Gasteiger partial charge in [-0.3, -0.25) is 10.4 Å². The van der Waals surface area contributed by atoms with Gasteiger partial charge in [0.2, 0.25) is 0 Å². The number of aromatic amines is 1. The second-order valence-corrected chi connectivity index (χ2v) is 3.01. The molecule has 84 valence electrons. The molecule has 3 N–H and O–H groups in total. The van der Waals surface area contributed by atoms with E-state index in [0.717, 1.165) is 18.5 Å². The van der Waals surface area contributed by atoms with E-state index in [-0.39, 0.29) is 13.2 Å². The van der Waals surface area contributed by atoms with Gasteiger partial charge < -0.3 is 9.84 Å². The van der Waals surface area contributed by atoms with E-state index >= 15 is 0 Å². The number of aliphatic hydroxyl groups excluding tert-OH is 1. The molecule has 0 radical (unpaired) electrons. The van der Waals surface area contributed by atoms with Gasteiger partial charge in [0.1, 0.15) is 6.61 Å². The molecule has 15 heavy (non-hydrogen) atoms.